The maximum atomic E-state index is 3.24. The summed E-state index contributed by atoms with van der Waals surface area (Å²) in [4.78, 5) is 0. The third-order valence-corrected chi connectivity index (χ3v) is 0.600. The Labute approximate surface area is 41.6 Å². The van der Waals surface area contributed by atoms with E-state index in [1.807, 2.05) is 0 Å². The Kier molecular flexibility index (Phi) is 4.27. The fraction of sp³-hybridized carbons (Fsp3) is 0. The minimum atomic E-state index is 2.09. The van der Waals surface area contributed by atoms with Gasteiger partial charge in [-0.05, 0) is 0 Å². The molecule has 4 heteroatoms. The summed E-state index contributed by atoms with van der Waals surface area (Å²) in [7, 11) is 0. The van der Waals surface area contributed by atoms with Crippen LogP contribution in [-0.4, -0.2) is 33.0 Å². The molecule has 0 saturated heterocycles. The van der Waals surface area contributed by atoms with E-state index in [1.165, 1.54) is 0 Å². The summed E-state index contributed by atoms with van der Waals surface area (Å²) in [6.45, 7) is 0. The minimum absolute atomic E-state index is 2.09. The molecule has 0 aliphatic heterocycles. The SMILES string of the molecule is [Al+2][N]=[N][Al+2]. The summed E-state index contributed by atoms with van der Waals surface area (Å²) in [5.41, 5.74) is 0. The van der Waals surface area contributed by atoms with Gasteiger partial charge in [-0.1, -0.05) is 0 Å². The molecule has 4 heavy (non-hydrogen) atoms. The van der Waals surface area contributed by atoms with Crippen LogP contribution in [0.5, 0.6) is 0 Å². The summed E-state index contributed by atoms with van der Waals surface area (Å²) in [5.74, 6) is 0. The van der Waals surface area contributed by atoms with Crippen molar-refractivity contribution in [2.45, 2.75) is 0 Å². The van der Waals surface area contributed by atoms with Crippen molar-refractivity contribution in [1.29, 1.82) is 0 Å². The van der Waals surface area contributed by atoms with E-state index in [9.17, 15) is 0 Å². The molecule has 0 fully saturated rings. The first-order valence-corrected chi connectivity index (χ1v) is 1.75. The quantitative estimate of drug-likeness (QED) is 0.281. The van der Waals surface area contributed by atoms with Crippen LogP contribution in [0.25, 0.3) is 0 Å². The first-order valence-electron chi connectivity index (χ1n) is 0.716. The molecule has 0 aliphatic carbocycles. The number of hydrogen-bond acceptors (Lipinski definition) is 2. The summed E-state index contributed by atoms with van der Waals surface area (Å²) in [6, 6.07) is 0. The van der Waals surface area contributed by atoms with E-state index in [0.29, 0.717) is 0 Å². The van der Waals surface area contributed by atoms with Crippen LogP contribution in [0.15, 0.2) is 8.20 Å². The second-order valence-electron chi connectivity index (χ2n) is 0.231. The van der Waals surface area contributed by atoms with E-state index in [2.05, 4.69) is 41.2 Å². The molecule has 0 spiro atoms. The number of nitrogens with zero attached hydrogens (tertiary/aromatic N) is 2. The third kappa shape index (κ3) is 2.66. The van der Waals surface area contributed by atoms with Crippen molar-refractivity contribution in [1.82, 2.24) is 0 Å². The van der Waals surface area contributed by atoms with E-state index in [0.717, 1.165) is 0 Å². The van der Waals surface area contributed by atoms with Gasteiger partial charge in [0, 0.05) is 0 Å². The van der Waals surface area contributed by atoms with Gasteiger partial charge in [0.2, 0.25) is 0 Å². The fourth-order valence-electron chi connectivity index (χ4n) is 0. The Balaban J connectivity index is 2.55. The molecule has 0 heterocycles. The van der Waals surface area contributed by atoms with Crippen molar-refractivity contribution in [2.75, 3.05) is 0 Å². The second kappa shape index (κ2) is 3.66. The van der Waals surface area contributed by atoms with Crippen LogP contribution < -0.4 is 0 Å². The summed E-state index contributed by atoms with van der Waals surface area (Å²) in [5, 5.41) is 0. The molecule has 0 aromatic rings. The average molecular weight is 82.0 g/mol. The molecule has 0 bridgehead atoms. The van der Waals surface area contributed by atoms with Crippen molar-refractivity contribution in [3.8, 4) is 0 Å². The molecular formula is Al2N2+4. The van der Waals surface area contributed by atoms with Gasteiger partial charge in [0.1, 0.15) is 0 Å². The van der Waals surface area contributed by atoms with E-state index >= 15 is 0 Å². The van der Waals surface area contributed by atoms with Crippen LogP contribution in [0.4, 0.5) is 0 Å². The van der Waals surface area contributed by atoms with Crippen LogP contribution >= 0.6 is 0 Å². The van der Waals surface area contributed by atoms with Gasteiger partial charge in [0.15, 0.2) is 0 Å². The molecule has 12 valence electrons. The molecular weight excluding hydrogens is 82.0 g/mol. The normalized spacial score (nSPS) is 10.0. The summed E-state index contributed by atoms with van der Waals surface area (Å²) < 4.78 is 6.48. The maximum absolute atomic E-state index is 3.24. The second-order valence-corrected chi connectivity index (χ2v) is 0.693. The van der Waals surface area contributed by atoms with Gasteiger partial charge in [-0.3, -0.25) is 0 Å². The topological polar surface area (TPSA) is 24.7 Å². The predicted molar refractivity (Wildman–Crippen MR) is 16.4 cm³/mol. The van der Waals surface area contributed by atoms with Gasteiger partial charge in [0.05, 0.1) is 0 Å². The molecule has 0 unspecified atom stereocenters. The Hall–Kier alpha value is 0.665. The first-order chi connectivity index (χ1) is 1.91. The van der Waals surface area contributed by atoms with Crippen molar-refractivity contribution in [3.05, 3.63) is 0 Å². The van der Waals surface area contributed by atoms with E-state index in [-0.39, 0.29) is 0 Å². The molecule has 0 aliphatic rings. The predicted octanol–water partition coefficient (Wildman–Crippen LogP) is -0.394. The van der Waals surface area contributed by atoms with E-state index in [4.69, 9.17) is 0 Å². The zero-order chi connectivity index (χ0) is 3.41. The zero-order valence-corrected chi connectivity index (χ0v) is 4.36. The van der Waals surface area contributed by atoms with Gasteiger partial charge in [-0.15, -0.1) is 0 Å². The first kappa shape index (κ1) is 4.66. The van der Waals surface area contributed by atoms with Gasteiger partial charge in [-0.25, -0.2) is 0 Å². The van der Waals surface area contributed by atoms with Gasteiger partial charge < -0.3 is 0 Å². The van der Waals surface area contributed by atoms with E-state index < -0.39 is 0 Å². The summed E-state index contributed by atoms with van der Waals surface area (Å²) in [6.07, 6.45) is 0. The Bertz CT molecular complexity index is 19.2. The van der Waals surface area contributed by atoms with Crippen molar-refractivity contribution >= 4 is 33.0 Å². The molecule has 0 aromatic heterocycles. The summed E-state index contributed by atoms with van der Waals surface area (Å²) >= 11 is 4.19. The molecule has 0 atom stereocenters. The van der Waals surface area contributed by atoms with Crippen LogP contribution in [0.3, 0.4) is 0 Å². The van der Waals surface area contributed by atoms with Crippen LogP contribution in [0.1, 0.15) is 0 Å². The molecule has 0 rings (SSSR count). The molecule has 0 saturated carbocycles. The molecule has 0 aromatic carbocycles. The third-order valence-electron chi connectivity index (χ3n) is 0.0667. The molecule has 0 amide bonds. The molecule has 0 radical (unpaired) electrons. The molecule has 0 N–H and O–H groups in total. The Morgan fingerprint density at radius 2 is 1.25 bits per heavy atom. The van der Waals surface area contributed by atoms with Gasteiger partial charge >= 0.3 is 41.2 Å². The zero-order valence-electron chi connectivity index (χ0n) is 2.05. The van der Waals surface area contributed by atoms with E-state index in [1.54, 1.807) is 0 Å². The number of hydrogen-bond donors (Lipinski definition) is 0. The van der Waals surface area contributed by atoms with Crippen molar-refractivity contribution in [2.24, 2.45) is 8.20 Å². The monoisotopic (exact) mass is 82.0 g/mol. The molecule has 2 nitrogen and oxygen atoms in total. The standard InChI is InChI=1S/2Al.N2/c;;1-2/q2*+3;-2. The van der Waals surface area contributed by atoms with Crippen molar-refractivity contribution < 1.29 is 0 Å². The number of rotatable bonds is 0. The fourth-order valence-corrected chi connectivity index (χ4v) is 0. The van der Waals surface area contributed by atoms with Crippen LogP contribution in [0.2, 0.25) is 0 Å². The van der Waals surface area contributed by atoms with Crippen LogP contribution in [0, 0.1) is 0 Å². The average Bonchev–Trinajstić information content (AvgIpc) is 1.37. The Morgan fingerprint density at radius 3 is 1.25 bits per heavy atom. The van der Waals surface area contributed by atoms with Gasteiger partial charge in [-0.2, -0.15) is 0 Å². The van der Waals surface area contributed by atoms with Crippen LogP contribution in [-0.2, 0) is 0 Å². The Morgan fingerprint density at radius 1 is 1.00 bits per heavy atom. The van der Waals surface area contributed by atoms with Gasteiger partial charge in [0.25, 0.3) is 0 Å². The van der Waals surface area contributed by atoms with Crippen molar-refractivity contribution in [3.63, 3.8) is 0 Å².